The maximum absolute atomic E-state index is 12.2. The molecular weight excluding hydrogens is 304 g/mol. The largest absolute Gasteiger partial charge is 0.481 e. The van der Waals surface area contributed by atoms with Crippen LogP contribution in [0.4, 0.5) is 0 Å². The Morgan fingerprint density at radius 2 is 1.55 bits per heavy atom. The Kier molecular flexibility index (Phi) is 5.68. The van der Waals surface area contributed by atoms with E-state index >= 15 is 0 Å². The maximum atomic E-state index is 12.2. The summed E-state index contributed by atoms with van der Waals surface area (Å²) in [4.78, 5) is 23.2. The van der Waals surface area contributed by atoms with Crippen LogP contribution in [-0.4, -0.2) is 16.9 Å². The van der Waals surface area contributed by atoms with Crippen molar-refractivity contribution in [3.05, 3.63) is 71.3 Å². The maximum Gasteiger partial charge on any atom is 0.310 e. The number of hydrogen-bond acceptors (Lipinski definition) is 2. The Morgan fingerprint density at radius 3 is 2.15 bits per heavy atom. The van der Waals surface area contributed by atoms with Crippen LogP contribution in [0.1, 0.15) is 34.3 Å². The van der Waals surface area contributed by atoms with Gasteiger partial charge >= 0.3 is 5.97 Å². The summed E-state index contributed by atoms with van der Waals surface area (Å²) in [5, 5.41) is 9.00. The quantitative estimate of drug-likeness (QED) is 0.696. The molecule has 20 heavy (non-hydrogen) atoms. The number of carbonyl (C=O) groups excluding carboxylic acids is 1. The summed E-state index contributed by atoms with van der Waals surface area (Å²) in [5.41, 5.74) is 1.74. The van der Waals surface area contributed by atoms with E-state index in [1.165, 1.54) is 0 Å². The number of carboxylic acid groups (broad SMARTS) is 1. The zero-order chi connectivity index (χ0) is 13.8. The van der Waals surface area contributed by atoms with Crippen molar-refractivity contribution in [3.63, 3.8) is 0 Å². The molecule has 0 aromatic heterocycles. The van der Waals surface area contributed by atoms with Gasteiger partial charge in [0.05, 0.1) is 5.92 Å². The topological polar surface area (TPSA) is 54.4 Å². The van der Waals surface area contributed by atoms with Gasteiger partial charge in [-0.25, -0.2) is 0 Å². The number of carboxylic acids is 1. The van der Waals surface area contributed by atoms with E-state index in [0.29, 0.717) is 16.7 Å². The molecule has 0 aliphatic carbocycles. The SMILES string of the molecule is CC(C(=O)O)c1cccc(C(=O)c2ccccc2)c1.[Cu]. The first kappa shape index (κ1) is 16.2. The van der Waals surface area contributed by atoms with Gasteiger partial charge in [0.1, 0.15) is 0 Å². The summed E-state index contributed by atoms with van der Waals surface area (Å²) in [6.45, 7) is 1.61. The Morgan fingerprint density at radius 1 is 0.950 bits per heavy atom. The van der Waals surface area contributed by atoms with Gasteiger partial charge in [-0.3, -0.25) is 9.59 Å². The summed E-state index contributed by atoms with van der Waals surface area (Å²) in [5.74, 6) is -1.62. The van der Waals surface area contributed by atoms with Crippen LogP contribution < -0.4 is 0 Å². The van der Waals surface area contributed by atoms with E-state index < -0.39 is 11.9 Å². The summed E-state index contributed by atoms with van der Waals surface area (Å²) in [6.07, 6.45) is 0. The molecule has 0 amide bonds. The third-order valence-corrected chi connectivity index (χ3v) is 3.06. The Labute approximate surface area is 128 Å². The van der Waals surface area contributed by atoms with Crippen molar-refractivity contribution >= 4 is 11.8 Å². The first-order valence-corrected chi connectivity index (χ1v) is 6.02. The fourth-order valence-electron chi connectivity index (χ4n) is 1.85. The van der Waals surface area contributed by atoms with E-state index in [-0.39, 0.29) is 22.9 Å². The van der Waals surface area contributed by atoms with Crippen molar-refractivity contribution < 1.29 is 31.8 Å². The van der Waals surface area contributed by atoms with E-state index in [1.54, 1.807) is 55.5 Å². The minimum atomic E-state index is -0.899. The monoisotopic (exact) mass is 317 g/mol. The van der Waals surface area contributed by atoms with Gasteiger partial charge in [-0.1, -0.05) is 48.5 Å². The van der Waals surface area contributed by atoms with Gasteiger partial charge in [0.25, 0.3) is 0 Å². The van der Waals surface area contributed by atoms with Crippen LogP contribution in [-0.2, 0) is 21.9 Å². The number of hydrogen-bond donors (Lipinski definition) is 1. The predicted molar refractivity (Wildman–Crippen MR) is 72.4 cm³/mol. The van der Waals surface area contributed by atoms with Gasteiger partial charge in [-0.2, -0.15) is 0 Å². The molecule has 0 spiro atoms. The summed E-state index contributed by atoms with van der Waals surface area (Å²) in [7, 11) is 0. The molecule has 0 fully saturated rings. The molecular formula is C16H14CuO3. The third-order valence-electron chi connectivity index (χ3n) is 3.06. The van der Waals surface area contributed by atoms with Crippen LogP contribution in [0, 0.1) is 0 Å². The van der Waals surface area contributed by atoms with E-state index in [9.17, 15) is 9.59 Å². The summed E-state index contributed by atoms with van der Waals surface area (Å²) in [6, 6.07) is 15.7. The molecule has 1 unspecified atom stereocenters. The third kappa shape index (κ3) is 3.56. The predicted octanol–water partition coefficient (Wildman–Crippen LogP) is 3.10. The van der Waals surface area contributed by atoms with Crippen LogP contribution in [0.25, 0.3) is 0 Å². The van der Waals surface area contributed by atoms with Crippen molar-refractivity contribution in [1.82, 2.24) is 0 Å². The van der Waals surface area contributed by atoms with Crippen molar-refractivity contribution in [3.8, 4) is 0 Å². The second kappa shape index (κ2) is 7.04. The summed E-state index contributed by atoms with van der Waals surface area (Å²) >= 11 is 0. The normalized spacial score (nSPS) is 11.2. The molecule has 1 radical (unpaired) electrons. The molecule has 2 rings (SSSR count). The second-order valence-electron chi connectivity index (χ2n) is 4.38. The molecule has 0 heterocycles. The molecule has 1 N–H and O–H groups in total. The first-order chi connectivity index (χ1) is 9.09. The van der Waals surface area contributed by atoms with Crippen molar-refractivity contribution in [2.24, 2.45) is 0 Å². The molecule has 0 bridgehead atoms. The van der Waals surface area contributed by atoms with E-state index in [4.69, 9.17) is 5.11 Å². The number of aliphatic carboxylic acids is 1. The molecule has 2 aromatic carbocycles. The minimum Gasteiger partial charge on any atom is -0.481 e. The molecule has 0 saturated heterocycles. The smallest absolute Gasteiger partial charge is 0.310 e. The van der Waals surface area contributed by atoms with Crippen LogP contribution >= 0.6 is 0 Å². The molecule has 107 valence electrons. The fourth-order valence-corrected chi connectivity index (χ4v) is 1.85. The van der Waals surface area contributed by atoms with Gasteiger partial charge < -0.3 is 5.11 Å². The minimum absolute atomic E-state index is 0. The van der Waals surface area contributed by atoms with Gasteiger partial charge in [0.2, 0.25) is 0 Å². The van der Waals surface area contributed by atoms with E-state index in [1.807, 2.05) is 6.07 Å². The molecule has 0 aliphatic rings. The zero-order valence-electron chi connectivity index (χ0n) is 10.8. The number of benzene rings is 2. The average Bonchev–Trinajstić information content (AvgIpc) is 2.46. The van der Waals surface area contributed by atoms with Gasteiger partial charge in [-0.15, -0.1) is 0 Å². The zero-order valence-corrected chi connectivity index (χ0v) is 11.8. The molecule has 0 saturated carbocycles. The Hall–Kier alpha value is -1.90. The van der Waals surface area contributed by atoms with Crippen LogP contribution in [0.2, 0.25) is 0 Å². The van der Waals surface area contributed by atoms with E-state index in [2.05, 4.69) is 0 Å². The molecule has 1 atom stereocenters. The van der Waals surface area contributed by atoms with Crippen molar-refractivity contribution in [2.75, 3.05) is 0 Å². The Bertz CT molecular complexity index is 608. The number of carbonyl (C=O) groups is 2. The number of ketones is 1. The first-order valence-electron chi connectivity index (χ1n) is 6.02. The van der Waals surface area contributed by atoms with Gasteiger partial charge in [-0.05, 0) is 18.6 Å². The molecule has 4 heteroatoms. The molecule has 3 nitrogen and oxygen atoms in total. The van der Waals surface area contributed by atoms with Gasteiger partial charge in [0, 0.05) is 28.2 Å². The van der Waals surface area contributed by atoms with Crippen LogP contribution in [0.3, 0.4) is 0 Å². The molecule has 2 aromatic rings. The molecule has 0 aliphatic heterocycles. The van der Waals surface area contributed by atoms with Crippen molar-refractivity contribution in [1.29, 1.82) is 0 Å². The fraction of sp³-hybridized carbons (Fsp3) is 0.125. The van der Waals surface area contributed by atoms with Crippen LogP contribution in [0.5, 0.6) is 0 Å². The standard InChI is InChI=1S/C16H14O3.Cu/c1-11(16(18)19)13-8-5-9-14(10-13)15(17)12-6-3-2-4-7-12;/h2-11H,1H3,(H,18,19);. The summed E-state index contributed by atoms with van der Waals surface area (Å²) < 4.78 is 0. The Balaban J connectivity index is 0.00000200. The second-order valence-corrected chi connectivity index (χ2v) is 4.38. The van der Waals surface area contributed by atoms with Crippen LogP contribution in [0.15, 0.2) is 54.6 Å². The van der Waals surface area contributed by atoms with Gasteiger partial charge in [0.15, 0.2) is 5.78 Å². The number of rotatable bonds is 4. The van der Waals surface area contributed by atoms with E-state index in [0.717, 1.165) is 0 Å². The van der Waals surface area contributed by atoms with Crippen molar-refractivity contribution in [2.45, 2.75) is 12.8 Å². The average molecular weight is 318 g/mol.